The lowest BCUT2D eigenvalue weighted by Crippen LogP contribution is -2.38. The molecule has 1 heterocycles. The standard InChI is InChI=1S/C19H26ClFN4O.HI/c1-5-22-18(23-10-9-13-14(20)7-6-8-15(13)21)25-12-17-24-11-16(26-17)19(2,3)4;/h6-8,11H,5,9-10,12H2,1-4H3,(H2,22,23,25);1H. The Morgan fingerprint density at radius 1 is 1.30 bits per heavy atom. The van der Waals surface area contributed by atoms with E-state index >= 15 is 0 Å². The maximum Gasteiger partial charge on any atom is 0.216 e. The van der Waals surface area contributed by atoms with Gasteiger partial charge in [0.2, 0.25) is 5.89 Å². The third-order valence-electron chi connectivity index (χ3n) is 3.74. The lowest BCUT2D eigenvalue weighted by Gasteiger charge is -2.13. The summed E-state index contributed by atoms with van der Waals surface area (Å²) >= 11 is 6.05. The highest BCUT2D eigenvalue weighted by atomic mass is 127. The zero-order chi connectivity index (χ0) is 19.2. The number of nitrogens with zero attached hydrogens (tertiary/aromatic N) is 2. The highest BCUT2D eigenvalue weighted by molar-refractivity contribution is 14.0. The van der Waals surface area contributed by atoms with Gasteiger partial charge in [0, 0.05) is 29.1 Å². The molecule has 2 N–H and O–H groups in total. The van der Waals surface area contributed by atoms with E-state index in [1.54, 1.807) is 18.3 Å². The van der Waals surface area contributed by atoms with Gasteiger partial charge in [-0.15, -0.1) is 24.0 Å². The number of hydrogen-bond acceptors (Lipinski definition) is 3. The van der Waals surface area contributed by atoms with Crippen molar-refractivity contribution in [2.24, 2.45) is 4.99 Å². The first-order chi connectivity index (χ1) is 12.3. The lowest BCUT2D eigenvalue weighted by molar-refractivity contribution is 0.383. The topological polar surface area (TPSA) is 62.5 Å². The second-order valence-electron chi connectivity index (χ2n) is 6.94. The van der Waals surface area contributed by atoms with E-state index in [0.717, 1.165) is 5.76 Å². The quantitative estimate of drug-likeness (QED) is 0.338. The van der Waals surface area contributed by atoms with Gasteiger partial charge >= 0.3 is 0 Å². The molecule has 150 valence electrons. The highest BCUT2D eigenvalue weighted by Crippen LogP contribution is 2.22. The predicted molar refractivity (Wildman–Crippen MR) is 119 cm³/mol. The molecule has 27 heavy (non-hydrogen) atoms. The molecule has 2 rings (SSSR count). The summed E-state index contributed by atoms with van der Waals surface area (Å²) in [6.45, 7) is 9.73. The van der Waals surface area contributed by atoms with Gasteiger partial charge in [-0.05, 0) is 25.5 Å². The number of halogens is 3. The Morgan fingerprint density at radius 2 is 2.04 bits per heavy atom. The third-order valence-corrected chi connectivity index (χ3v) is 4.09. The summed E-state index contributed by atoms with van der Waals surface area (Å²) in [7, 11) is 0. The van der Waals surface area contributed by atoms with Crippen LogP contribution in [0.2, 0.25) is 5.02 Å². The van der Waals surface area contributed by atoms with Crippen molar-refractivity contribution >= 4 is 41.5 Å². The fourth-order valence-electron chi connectivity index (χ4n) is 2.30. The van der Waals surface area contributed by atoms with Gasteiger partial charge in [-0.25, -0.2) is 14.4 Å². The number of rotatable bonds is 6. The van der Waals surface area contributed by atoms with Gasteiger partial charge in [-0.1, -0.05) is 38.4 Å². The number of guanidine groups is 1. The van der Waals surface area contributed by atoms with Crippen LogP contribution in [0.15, 0.2) is 33.8 Å². The maximum absolute atomic E-state index is 13.8. The third kappa shape index (κ3) is 7.29. The summed E-state index contributed by atoms with van der Waals surface area (Å²) in [4.78, 5) is 8.74. The largest absolute Gasteiger partial charge is 0.443 e. The van der Waals surface area contributed by atoms with Crippen molar-refractivity contribution in [2.45, 2.75) is 46.1 Å². The van der Waals surface area contributed by atoms with Crippen LogP contribution in [0.25, 0.3) is 0 Å². The molecule has 0 saturated carbocycles. The van der Waals surface area contributed by atoms with Crippen molar-refractivity contribution in [3.63, 3.8) is 0 Å². The molecule has 1 aromatic carbocycles. The molecule has 0 fully saturated rings. The Hall–Kier alpha value is -1.35. The van der Waals surface area contributed by atoms with Crippen LogP contribution in [0, 0.1) is 5.82 Å². The molecular formula is C19H27ClFIN4O. The summed E-state index contributed by atoms with van der Waals surface area (Å²) in [5.74, 6) is 1.71. The van der Waals surface area contributed by atoms with E-state index in [1.807, 2.05) is 6.92 Å². The molecule has 0 aliphatic rings. The van der Waals surface area contributed by atoms with Crippen LogP contribution in [0.4, 0.5) is 4.39 Å². The molecule has 0 amide bonds. The number of nitrogens with one attached hydrogen (secondary N) is 2. The second kappa shape index (κ2) is 10.8. The zero-order valence-electron chi connectivity index (χ0n) is 16.1. The average molecular weight is 509 g/mol. The molecule has 2 aromatic rings. The van der Waals surface area contributed by atoms with Crippen LogP contribution in [-0.2, 0) is 18.4 Å². The van der Waals surface area contributed by atoms with Gasteiger partial charge in [0.1, 0.15) is 18.1 Å². The van der Waals surface area contributed by atoms with Crippen LogP contribution < -0.4 is 10.6 Å². The van der Waals surface area contributed by atoms with E-state index in [0.29, 0.717) is 48.5 Å². The maximum atomic E-state index is 13.8. The van der Waals surface area contributed by atoms with E-state index in [-0.39, 0.29) is 35.2 Å². The average Bonchev–Trinajstić information content (AvgIpc) is 3.04. The van der Waals surface area contributed by atoms with E-state index in [1.165, 1.54) is 6.07 Å². The number of hydrogen-bond donors (Lipinski definition) is 2. The van der Waals surface area contributed by atoms with Crippen molar-refractivity contribution < 1.29 is 8.81 Å². The smallest absolute Gasteiger partial charge is 0.216 e. The van der Waals surface area contributed by atoms with Crippen LogP contribution >= 0.6 is 35.6 Å². The van der Waals surface area contributed by atoms with Crippen molar-refractivity contribution in [1.82, 2.24) is 15.6 Å². The Kier molecular flexibility index (Phi) is 9.52. The highest BCUT2D eigenvalue weighted by Gasteiger charge is 2.19. The molecule has 0 radical (unpaired) electrons. The van der Waals surface area contributed by atoms with E-state index in [9.17, 15) is 4.39 Å². The van der Waals surface area contributed by atoms with Gasteiger partial charge < -0.3 is 15.1 Å². The molecule has 8 heteroatoms. The summed E-state index contributed by atoms with van der Waals surface area (Å²) < 4.78 is 19.6. The summed E-state index contributed by atoms with van der Waals surface area (Å²) in [5, 5.41) is 6.76. The molecule has 0 spiro atoms. The van der Waals surface area contributed by atoms with Crippen molar-refractivity contribution in [1.29, 1.82) is 0 Å². The molecule has 0 saturated heterocycles. The molecular weight excluding hydrogens is 482 g/mol. The van der Waals surface area contributed by atoms with Gasteiger partial charge in [0.15, 0.2) is 5.96 Å². The lowest BCUT2D eigenvalue weighted by atomic mass is 9.94. The fourth-order valence-corrected chi connectivity index (χ4v) is 2.55. The number of oxazole rings is 1. The number of benzene rings is 1. The number of aromatic nitrogens is 1. The minimum Gasteiger partial charge on any atom is -0.443 e. The Balaban J connectivity index is 0.00000364. The molecule has 1 aromatic heterocycles. The van der Waals surface area contributed by atoms with Gasteiger partial charge in [-0.2, -0.15) is 0 Å². The molecule has 0 atom stereocenters. The minimum atomic E-state index is -0.296. The second-order valence-corrected chi connectivity index (χ2v) is 7.35. The zero-order valence-corrected chi connectivity index (χ0v) is 19.2. The van der Waals surface area contributed by atoms with Crippen molar-refractivity contribution in [3.8, 4) is 0 Å². The van der Waals surface area contributed by atoms with Gasteiger partial charge in [0.05, 0.1) is 6.20 Å². The van der Waals surface area contributed by atoms with E-state index < -0.39 is 0 Å². The fraction of sp³-hybridized carbons (Fsp3) is 0.474. The summed E-state index contributed by atoms with van der Waals surface area (Å²) in [5.41, 5.74) is 0.413. The van der Waals surface area contributed by atoms with E-state index in [4.69, 9.17) is 16.0 Å². The number of aliphatic imine (C=N–C) groups is 1. The normalized spacial score (nSPS) is 11.9. The van der Waals surface area contributed by atoms with Crippen LogP contribution in [0.5, 0.6) is 0 Å². The molecule has 0 aliphatic carbocycles. The van der Waals surface area contributed by atoms with Crippen LogP contribution in [-0.4, -0.2) is 24.0 Å². The SMILES string of the molecule is CCNC(=NCc1ncc(C(C)(C)C)o1)NCCc1c(F)cccc1Cl.I. The first-order valence-corrected chi connectivity index (χ1v) is 9.09. The van der Waals surface area contributed by atoms with Gasteiger partial charge in [0.25, 0.3) is 0 Å². The van der Waals surface area contributed by atoms with Crippen LogP contribution in [0.1, 0.15) is 44.9 Å². The molecule has 5 nitrogen and oxygen atoms in total. The van der Waals surface area contributed by atoms with E-state index in [2.05, 4.69) is 41.4 Å². The van der Waals surface area contributed by atoms with Crippen molar-refractivity contribution in [3.05, 3.63) is 52.5 Å². The first kappa shape index (κ1) is 23.7. The van der Waals surface area contributed by atoms with Crippen LogP contribution in [0.3, 0.4) is 0 Å². The summed E-state index contributed by atoms with van der Waals surface area (Å²) in [6.07, 6.45) is 2.20. The molecule has 0 bridgehead atoms. The summed E-state index contributed by atoms with van der Waals surface area (Å²) in [6, 6.07) is 4.70. The monoisotopic (exact) mass is 508 g/mol. The Morgan fingerprint density at radius 3 is 2.63 bits per heavy atom. The molecule has 0 unspecified atom stereocenters. The first-order valence-electron chi connectivity index (χ1n) is 8.71. The molecule has 0 aliphatic heterocycles. The van der Waals surface area contributed by atoms with Gasteiger partial charge in [-0.3, -0.25) is 0 Å². The Bertz CT molecular complexity index is 738. The minimum absolute atomic E-state index is 0. The van der Waals surface area contributed by atoms with Crippen molar-refractivity contribution in [2.75, 3.05) is 13.1 Å². The predicted octanol–water partition coefficient (Wildman–Crippen LogP) is 4.68. The Labute approximate surface area is 182 Å².